The normalized spacial score (nSPS) is 20.8. The van der Waals surface area contributed by atoms with E-state index in [1.54, 1.807) is 12.1 Å². The molecule has 8 heteroatoms. The standard InChI is InChI=1S/C24H27Cl2N3O3/c25-17-6-7-19(20(26)14-17)24(8-11-32-12-9-24)23(31)28-18-4-1-3-16(13-18)15-29-10-2-5-21(29)22(27)30/h1,3-4,6-7,13-14,21H,2,5,8-12,15H2,(H2,27,30)(H,28,31). The first-order valence-corrected chi connectivity index (χ1v) is 11.6. The SMILES string of the molecule is NC(=O)C1CCCN1Cc1cccc(NC(=O)C2(c3ccc(Cl)cc3Cl)CCOCC2)c1. The summed E-state index contributed by atoms with van der Waals surface area (Å²) in [6.45, 7) is 2.41. The number of rotatable bonds is 6. The van der Waals surface area contributed by atoms with Crippen LogP contribution in [0.3, 0.4) is 0 Å². The summed E-state index contributed by atoms with van der Waals surface area (Å²) in [7, 11) is 0. The molecule has 0 aromatic heterocycles. The van der Waals surface area contributed by atoms with Crippen LogP contribution in [0.1, 0.15) is 36.8 Å². The number of ether oxygens (including phenoxy) is 1. The van der Waals surface area contributed by atoms with Gasteiger partial charge in [0.05, 0.1) is 11.5 Å². The van der Waals surface area contributed by atoms with Gasteiger partial charge in [-0.3, -0.25) is 14.5 Å². The molecule has 1 unspecified atom stereocenters. The molecule has 2 fully saturated rings. The second-order valence-corrected chi connectivity index (χ2v) is 9.35. The first-order chi connectivity index (χ1) is 15.4. The maximum Gasteiger partial charge on any atom is 0.235 e. The lowest BCUT2D eigenvalue weighted by atomic mass is 9.73. The van der Waals surface area contributed by atoms with Gasteiger partial charge in [0.1, 0.15) is 0 Å². The number of hydrogen-bond acceptors (Lipinski definition) is 4. The van der Waals surface area contributed by atoms with Crippen molar-refractivity contribution >= 4 is 40.7 Å². The van der Waals surface area contributed by atoms with Crippen LogP contribution in [0.4, 0.5) is 5.69 Å². The molecule has 2 saturated heterocycles. The van der Waals surface area contributed by atoms with Crippen molar-refractivity contribution in [2.45, 2.75) is 43.7 Å². The van der Waals surface area contributed by atoms with Gasteiger partial charge in [-0.2, -0.15) is 0 Å². The van der Waals surface area contributed by atoms with Crippen molar-refractivity contribution in [3.63, 3.8) is 0 Å². The van der Waals surface area contributed by atoms with Crippen LogP contribution in [0, 0.1) is 0 Å². The molecular weight excluding hydrogens is 449 g/mol. The van der Waals surface area contributed by atoms with E-state index in [0.717, 1.165) is 30.5 Å². The highest BCUT2D eigenvalue weighted by atomic mass is 35.5. The highest BCUT2D eigenvalue weighted by Gasteiger charge is 2.43. The van der Waals surface area contributed by atoms with Crippen molar-refractivity contribution < 1.29 is 14.3 Å². The van der Waals surface area contributed by atoms with E-state index in [4.69, 9.17) is 33.7 Å². The molecule has 2 aliphatic rings. The van der Waals surface area contributed by atoms with E-state index in [9.17, 15) is 9.59 Å². The first-order valence-electron chi connectivity index (χ1n) is 10.9. The minimum atomic E-state index is -0.790. The molecule has 32 heavy (non-hydrogen) atoms. The van der Waals surface area contributed by atoms with Gasteiger partial charge in [-0.15, -0.1) is 0 Å². The number of benzene rings is 2. The Kier molecular flexibility index (Phi) is 7.05. The molecule has 1 atom stereocenters. The fourth-order valence-corrected chi connectivity index (χ4v) is 5.38. The molecule has 170 valence electrons. The van der Waals surface area contributed by atoms with Crippen LogP contribution >= 0.6 is 23.2 Å². The predicted octanol–water partition coefficient (Wildman–Crippen LogP) is 4.13. The Balaban J connectivity index is 1.55. The van der Waals surface area contributed by atoms with Crippen molar-refractivity contribution in [2.75, 3.05) is 25.1 Å². The zero-order valence-corrected chi connectivity index (χ0v) is 19.3. The van der Waals surface area contributed by atoms with Crippen molar-refractivity contribution in [1.29, 1.82) is 0 Å². The number of nitrogens with one attached hydrogen (secondary N) is 1. The number of likely N-dealkylation sites (tertiary alicyclic amines) is 1. The summed E-state index contributed by atoms with van der Waals surface area (Å²) >= 11 is 12.6. The molecule has 3 N–H and O–H groups in total. The van der Waals surface area contributed by atoms with E-state index in [0.29, 0.717) is 48.3 Å². The number of carbonyl (C=O) groups is 2. The molecule has 2 amide bonds. The van der Waals surface area contributed by atoms with Crippen LogP contribution in [-0.4, -0.2) is 42.5 Å². The van der Waals surface area contributed by atoms with Crippen LogP contribution in [0.2, 0.25) is 10.0 Å². The van der Waals surface area contributed by atoms with E-state index in [2.05, 4.69) is 10.2 Å². The van der Waals surface area contributed by atoms with Gasteiger partial charge in [-0.05, 0) is 67.6 Å². The minimum Gasteiger partial charge on any atom is -0.381 e. The Hall–Kier alpha value is -2.12. The van der Waals surface area contributed by atoms with Gasteiger partial charge in [0.2, 0.25) is 11.8 Å². The molecule has 0 spiro atoms. The lowest BCUT2D eigenvalue weighted by Crippen LogP contribution is -2.45. The van der Waals surface area contributed by atoms with E-state index >= 15 is 0 Å². The predicted molar refractivity (Wildman–Crippen MR) is 126 cm³/mol. The molecule has 0 radical (unpaired) electrons. The summed E-state index contributed by atoms with van der Waals surface area (Å²) in [4.78, 5) is 27.4. The number of amides is 2. The molecular formula is C24H27Cl2N3O3. The zero-order valence-electron chi connectivity index (χ0n) is 17.8. The molecule has 4 rings (SSSR count). The molecule has 6 nitrogen and oxygen atoms in total. The average molecular weight is 476 g/mol. The molecule has 2 aromatic carbocycles. The van der Waals surface area contributed by atoms with Gasteiger partial charge in [0.25, 0.3) is 0 Å². The van der Waals surface area contributed by atoms with Crippen LogP contribution in [0.5, 0.6) is 0 Å². The summed E-state index contributed by atoms with van der Waals surface area (Å²) in [6, 6.07) is 12.8. The third-order valence-corrected chi connectivity index (χ3v) is 7.04. The van der Waals surface area contributed by atoms with E-state index in [1.165, 1.54) is 0 Å². The van der Waals surface area contributed by atoms with Crippen LogP contribution in [0.25, 0.3) is 0 Å². The molecule has 0 aliphatic carbocycles. The van der Waals surface area contributed by atoms with Gasteiger partial charge in [0.15, 0.2) is 0 Å². The summed E-state index contributed by atoms with van der Waals surface area (Å²) in [5, 5.41) is 4.11. The van der Waals surface area contributed by atoms with Gasteiger partial charge in [-0.1, -0.05) is 41.4 Å². The summed E-state index contributed by atoms with van der Waals surface area (Å²) in [5.41, 5.74) is 7.24. The molecule has 2 aliphatic heterocycles. The Morgan fingerprint density at radius 3 is 2.66 bits per heavy atom. The molecule has 2 heterocycles. The van der Waals surface area contributed by atoms with E-state index < -0.39 is 5.41 Å². The highest BCUT2D eigenvalue weighted by molar-refractivity contribution is 6.35. The monoisotopic (exact) mass is 475 g/mol. The fourth-order valence-electron chi connectivity index (χ4n) is 4.79. The fraction of sp³-hybridized carbons (Fsp3) is 0.417. The van der Waals surface area contributed by atoms with Crippen molar-refractivity contribution in [3.05, 3.63) is 63.6 Å². The van der Waals surface area contributed by atoms with Gasteiger partial charge < -0.3 is 15.8 Å². The minimum absolute atomic E-state index is 0.113. The Bertz CT molecular complexity index is 1010. The zero-order chi connectivity index (χ0) is 22.7. The number of halogens is 2. The topological polar surface area (TPSA) is 84.7 Å². The number of primary amides is 1. The highest BCUT2D eigenvalue weighted by Crippen LogP contribution is 2.40. The van der Waals surface area contributed by atoms with E-state index in [1.807, 2.05) is 30.3 Å². The van der Waals surface area contributed by atoms with Gasteiger partial charge in [0, 0.05) is 35.5 Å². The maximum atomic E-state index is 13.6. The number of hydrogen-bond donors (Lipinski definition) is 2. The van der Waals surface area contributed by atoms with Crippen molar-refractivity contribution in [1.82, 2.24) is 4.90 Å². The first kappa shape index (κ1) is 23.1. The summed E-state index contributed by atoms with van der Waals surface area (Å²) < 4.78 is 5.54. The number of nitrogens with two attached hydrogens (primary N) is 1. The van der Waals surface area contributed by atoms with Crippen LogP contribution in [0.15, 0.2) is 42.5 Å². The van der Waals surface area contributed by atoms with Crippen LogP contribution < -0.4 is 11.1 Å². The number of anilines is 1. The van der Waals surface area contributed by atoms with Crippen molar-refractivity contribution in [3.8, 4) is 0 Å². The second kappa shape index (κ2) is 9.79. The number of carbonyl (C=O) groups excluding carboxylic acids is 2. The summed E-state index contributed by atoms with van der Waals surface area (Å²) in [6.07, 6.45) is 2.82. The quantitative estimate of drug-likeness (QED) is 0.657. The van der Waals surface area contributed by atoms with Crippen LogP contribution in [-0.2, 0) is 26.3 Å². The average Bonchev–Trinajstić information content (AvgIpc) is 3.23. The van der Waals surface area contributed by atoms with Gasteiger partial charge in [-0.25, -0.2) is 0 Å². The van der Waals surface area contributed by atoms with E-state index in [-0.39, 0.29) is 17.9 Å². The Morgan fingerprint density at radius 1 is 1.16 bits per heavy atom. The summed E-state index contributed by atoms with van der Waals surface area (Å²) in [5.74, 6) is -0.397. The van der Waals surface area contributed by atoms with Gasteiger partial charge >= 0.3 is 0 Å². The number of nitrogens with zero attached hydrogens (tertiary/aromatic N) is 1. The smallest absolute Gasteiger partial charge is 0.235 e. The molecule has 0 saturated carbocycles. The maximum absolute atomic E-state index is 13.6. The third kappa shape index (κ3) is 4.79. The lowest BCUT2D eigenvalue weighted by molar-refractivity contribution is -0.125. The molecule has 2 aromatic rings. The lowest BCUT2D eigenvalue weighted by Gasteiger charge is -2.37. The molecule has 0 bridgehead atoms. The van der Waals surface area contributed by atoms with Crippen molar-refractivity contribution in [2.24, 2.45) is 5.73 Å². The largest absolute Gasteiger partial charge is 0.381 e. The third-order valence-electron chi connectivity index (χ3n) is 6.49. The Labute approximate surface area is 198 Å². The second-order valence-electron chi connectivity index (χ2n) is 8.50. The Morgan fingerprint density at radius 2 is 1.94 bits per heavy atom.